The van der Waals surface area contributed by atoms with Crippen LogP contribution in [-0.4, -0.2) is 10.9 Å². The van der Waals surface area contributed by atoms with Gasteiger partial charge in [-0.05, 0) is 5.92 Å². The van der Waals surface area contributed by atoms with Crippen molar-refractivity contribution in [2.75, 3.05) is 0 Å². The molecular weight excluding hydrogens is 154 g/mol. The third-order valence-electron chi connectivity index (χ3n) is 2.19. The molecule has 0 aliphatic heterocycles. The first kappa shape index (κ1) is 7.53. The summed E-state index contributed by atoms with van der Waals surface area (Å²) in [4.78, 5) is 11.4. The highest BCUT2D eigenvalue weighted by Gasteiger charge is 2.29. The smallest absolute Gasteiger partial charge is 0.168 e. The largest absolute Gasteiger partial charge is 0.360 e. The molecule has 3 nitrogen and oxygen atoms in total. The molecule has 0 saturated heterocycles. The highest BCUT2D eigenvalue weighted by molar-refractivity contribution is 6.00. The van der Waals surface area contributed by atoms with Crippen LogP contribution in [0.5, 0.6) is 0 Å². The summed E-state index contributed by atoms with van der Waals surface area (Å²) in [5.74, 6) is 1.25. The third-order valence-corrected chi connectivity index (χ3v) is 2.19. The maximum atomic E-state index is 11.4. The predicted octanol–water partition coefficient (Wildman–Crippen LogP) is 1.93. The number of hydrogen-bond donors (Lipinski definition) is 0. The molecule has 0 aromatic carbocycles. The van der Waals surface area contributed by atoms with Gasteiger partial charge in [-0.3, -0.25) is 4.79 Å². The SMILES string of the molecule is CC(C)c1noc2c1C(=O)CC2. The number of carbonyl (C=O) groups excluding carboxylic acids is 1. The van der Waals surface area contributed by atoms with Crippen LogP contribution in [0.25, 0.3) is 0 Å². The topological polar surface area (TPSA) is 43.1 Å². The molecule has 1 aliphatic rings. The molecule has 0 saturated carbocycles. The van der Waals surface area contributed by atoms with E-state index in [0.717, 1.165) is 23.4 Å². The summed E-state index contributed by atoms with van der Waals surface area (Å²) in [5, 5.41) is 3.89. The first-order chi connectivity index (χ1) is 5.70. The average Bonchev–Trinajstić information content (AvgIpc) is 2.53. The fourth-order valence-corrected chi connectivity index (χ4v) is 1.55. The van der Waals surface area contributed by atoms with Gasteiger partial charge >= 0.3 is 0 Å². The zero-order chi connectivity index (χ0) is 8.72. The molecule has 64 valence electrons. The molecule has 0 spiro atoms. The van der Waals surface area contributed by atoms with Gasteiger partial charge in [-0.15, -0.1) is 0 Å². The second-order valence-electron chi connectivity index (χ2n) is 3.44. The lowest BCUT2D eigenvalue weighted by Crippen LogP contribution is -1.98. The quantitative estimate of drug-likeness (QED) is 0.638. The maximum Gasteiger partial charge on any atom is 0.168 e. The molecule has 0 amide bonds. The lowest BCUT2D eigenvalue weighted by Gasteiger charge is -1.98. The molecule has 0 radical (unpaired) electrons. The van der Waals surface area contributed by atoms with Crippen LogP contribution in [0.1, 0.15) is 48.0 Å². The first-order valence-electron chi connectivity index (χ1n) is 4.21. The second kappa shape index (κ2) is 2.44. The Morgan fingerprint density at radius 1 is 1.42 bits per heavy atom. The molecule has 1 aromatic heterocycles. The molecule has 0 atom stereocenters. The van der Waals surface area contributed by atoms with E-state index in [0.29, 0.717) is 6.42 Å². The van der Waals surface area contributed by atoms with Crippen LogP contribution < -0.4 is 0 Å². The molecule has 12 heavy (non-hydrogen) atoms. The number of carbonyl (C=O) groups is 1. The van der Waals surface area contributed by atoms with E-state index in [2.05, 4.69) is 5.16 Å². The van der Waals surface area contributed by atoms with Crippen LogP contribution in [0.2, 0.25) is 0 Å². The summed E-state index contributed by atoms with van der Waals surface area (Å²) in [7, 11) is 0. The third kappa shape index (κ3) is 0.891. The van der Waals surface area contributed by atoms with Crippen molar-refractivity contribution >= 4 is 5.78 Å². The molecule has 3 heteroatoms. The molecule has 1 aromatic rings. The molecule has 0 fully saturated rings. The van der Waals surface area contributed by atoms with Gasteiger partial charge in [0.2, 0.25) is 0 Å². The Morgan fingerprint density at radius 3 is 2.83 bits per heavy atom. The van der Waals surface area contributed by atoms with Gasteiger partial charge in [-0.2, -0.15) is 0 Å². The standard InChI is InChI=1S/C9H11NO2/c1-5(2)9-8-6(11)3-4-7(8)12-10-9/h5H,3-4H2,1-2H3. The van der Waals surface area contributed by atoms with Crippen molar-refractivity contribution in [3.8, 4) is 0 Å². The first-order valence-corrected chi connectivity index (χ1v) is 4.21. The van der Waals surface area contributed by atoms with Crippen molar-refractivity contribution in [1.29, 1.82) is 0 Å². The second-order valence-corrected chi connectivity index (χ2v) is 3.44. The predicted molar refractivity (Wildman–Crippen MR) is 43.2 cm³/mol. The summed E-state index contributed by atoms with van der Waals surface area (Å²) in [6.45, 7) is 4.04. The Kier molecular flexibility index (Phi) is 1.53. The maximum absolute atomic E-state index is 11.4. The minimum absolute atomic E-state index is 0.190. The molecular formula is C9H11NO2. The van der Waals surface area contributed by atoms with E-state index in [4.69, 9.17) is 4.52 Å². The van der Waals surface area contributed by atoms with E-state index in [1.54, 1.807) is 0 Å². The number of hydrogen-bond acceptors (Lipinski definition) is 3. The minimum atomic E-state index is 0.190. The van der Waals surface area contributed by atoms with E-state index in [1.165, 1.54) is 0 Å². The summed E-state index contributed by atoms with van der Waals surface area (Å²) >= 11 is 0. The molecule has 1 aliphatic carbocycles. The van der Waals surface area contributed by atoms with Gasteiger partial charge in [-0.1, -0.05) is 19.0 Å². The monoisotopic (exact) mass is 165 g/mol. The van der Waals surface area contributed by atoms with Crippen molar-refractivity contribution in [3.05, 3.63) is 17.0 Å². The van der Waals surface area contributed by atoms with Gasteiger partial charge < -0.3 is 4.52 Å². The van der Waals surface area contributed by atoms with E-state index in [1.807, 2.05) is 13.8 Å². The number of ketones is 1. The van der Waals surface area contributed by atoms with Crippen molar-refractivity contribution in [2.24, 2.45) is 0 Å². The van der Waals surface area contributed by atoms with Crippen LogP contribution in [0, 0.1) is 0 Å². The Balaban J connectivity index is 2.53. The Labute approximate surface area is 70.7 Å². The summed E-state index contributed by atoms with van der Waals surface area (Å²) in [6, 6.07) is 0. The number of nitrogens with zero attached hydrogens (tertiary/aromatic N) is 1. The molecule has 0 bridgehead atoms. The van der Waals surface area contributed by atoms with Gasteiger partial charge in [0.1, 0.15) is 5.76 Å². The number of rotatable bonds is 1. The van der Waals surface area contributed by atoms with Crippen molar-refractivity contribution < 1.29 is 9.32 Å². The Morgan fingerprint density at radius 2 is 2.17 bits per heavy atom. The lowest BCUT2D eigenvalue weighted by molar-refractivity contribution is 0.0993. The summed E-state index contributed by atoms with van der Waals surface area (Å²) in [6.07, 6.45) is 1.32. The van der Waals surface area contributed by atoms with E-state index in [9.17, 15) is 4.79 Å². The normalized spacial score (nSPS) is 15.8. The zero-order valence-corrected chi connectivity index (χ0v) is 7.26. The van der Waals surface area contributed by atoms with Crippen molar-refractivity contribution in [1.82, 2.24) is 5.16 Å². The van der Waals surface area contributed by atoms with Crippen LogP contribution in [-0.2, 0) is 6.42 Å². The van der Waals surface area contributed by atoms with Gasteiger partial charge in [-0.25, -0.2) is 0 Å². The number of aryl methyl sites for hydroxylation is 1. The Bertz CT molecular complexity index is 325. The molecule has 0 N–H and O–H groups in total. The highest BCUT2D eigenvalue weighted by atomic mass is 16.5. The Hall–Kier alpha value is -1.12. The zero-order valence-electron chi connectivity index (χ0n) is 7.26. The average molecular weight is 165 g/mol. The fraction of sp³-hybridized carbons (Fsp3) is 0.556. The van der Waals surface area contributed by atoms with Gasteiger partial charge in [0.25, 0.3) is 0 Å². The van der Waals surface area contributed by atoms with Crippen LogP contribution in [0.4, 0.5) is 0 Å². The summed E-state index contributed by atoms with van der Waals surface area (Å²) in [5.41, 5.74) is 1.58. The van der Waals surface area contributed by atoms with Crippen LogP contribution in [0.15, 0.2) is 4.52 Å². The van der Waals surface area contributed by atoms with Gasteiger partial charge in [0.15, 0.2) is 5.78 Å². The number of aromatic nitrogens is 1. The van der Waals surface area contributed by atoms with Crippen molar-refractivity contribution in [2.45, 2.75) is 32.6 Å². The van der Waals surface area contributed by atoms with Gasteiger partial charge in [0, 0.05) is 12.8 Å². The van der Waals surface area contributed by atoms with Crippen LogP contribution >= 0.6 is 0 Å². The molecule has 2 rings (SSSR count). The summed E-state index contributed by atoms with van der Waals surface area (Å²) < 4.78 is 5.07. The highest BCUT2D eigenvalue weighted by Crippen LogP contribution is 2.28. The molecule has 0 unspecified atom stereocenters. The number of fused-ring (bicyclic) bond motifs is 1. The minimum Gasteiger partial charge on any atom is -0.360 e. The van der Waals surface area contributed by atoms with E-state index < -0.39 is 0 Å². The molecule has 1 heterocycles. The van der Waals surface area contributed by atoms with Crippen LogP contribution in [0.3, 0.4) is 0 Å². The van der Waals surface area contributed by atoms with Crippen molar-refractivity contribution in [3.63, 3.8) is 0 Å². The van der Waals surface area contributed by atoms with E-state index in [-0.39, 0.29) is 11.7 Å². The van der Waals surface area contributed by atoms with Gasteiger partial charge in [0.05, 0.1) is 11.3 Å². The fourth-order valence-electron chi connectivity index (χ4n) is 1.55. The number of Topliss-reactive ketones (excluding diaryl/α,β-unsaturated/α-hetero) is 1. The van der Waals surface area contributed by atoms with E-state index >= 15 is 0 Å². The lowest BCUT2D eigenvalue weighted by atomic mass is 10.0.